The van der Waals surface area contributed by atoms with E-state index in [4.69, 9.17) is 0 Å². The van der Waals surface area contributed by atoms with Gasteiger partial charge in [-0.2, -0.15) is 5.10 Å². The van der Waals surface area contributed by atoms with Crippen LogP contribution in [0.1, 0.15) is 11.3 Å². The number of nitrogens with one attached hydrogen (secondary N) is 2. The number of piperazine rings is 1. The molecule has 2 heterocycles. The van der Waals surface area contributed by atoms with Crippen LogP contribution in [0.2, 0.25) is 0 Å². The number of nitrogens with zero attached hydrogens (tertiary/aromatic N) is 3. The molecule has 1 aliphatic rings. The Morgan fingerprint density at radius 3 is 2.75 bits per heavy atom. The summed E-state index contributed by atoms with van der Waals surface area (Å²) in [6, 6.07) is 9.77. The Balaban J connectivity index is 1.71. The molecule has 0 spiro atoms. The van der Waals surface area contributed by atoms with E-state index >= 15 is 0 Å². The first-order valence-corrected chi connectivity index (χ1v) is 7.94. The molecule has 0 unspecified atom stereocenters. The minimum absolute atomic E-state index is 0.0467. The summed E-state index contributed by atoms with van der Waals surface area (Å²) in [5, 5.41) is 10.1. The average molecular weight is 327 g/mol. The molecular weight excluding hydrogens is 306 g/mol. The van der Waals surface area contributed by atoms with Crippen molar-refractivity contribution < 1.29 is 9.59 Å². The zero-order valence-electron chi connectivity index (χ0n) is 13.9. The smallest absolute Gasteiger partial charge is 0.239 e. The Morgan fingerprint density at radius 1 is 1.29 bits per heavy atom. The van der Waals surface area contributed by atoms with Crippen molar-refractivity contribution in [1.29, 1.82) is 0 Å². The zero-order chi connectivity index (χ0) is 17.1. The van der Waals surface area contributed by atoms with Crippen LogP contribution in [0.5, 0.6) is 0 Å². The molecular formula is C17H21N5O2. The van der Waals surface area contributed by atoms with Gasteiger partial charge < -0.3 is 10.6 Å². The number of hydrogen-bond acceptors (Lipinski definition) is 4. The number of anilines is 1. The first-order valence-electron chi connectivity index (χ1n) is 7.94. The molecule has 7 heteroatoms. The maximum Gasteiger partial charge on any atom is 0.239 e. The van der Waals surface area contributed by atoms with Crippen LogP contribution in [-0.4, -0.2) is 52.7 Å². The quantitative estimate of drug-likeness (QED) is 0.873. The van der Waals surface area contributed by atoms with Crippen molar-refractivity contribution in [3.05, 3.63) is 41.6 Å². The molecule has 0 aliphatic carbocycles. The third-order valence-corrected chi connectivity index (χ3v) is 3.86. The molecule has 1 aromatic heterocycles. The van der Waals surface area contributed by atoms with Gasteiger partial charge in [-0.05, 0) is 26.0 Å². The molecule has 0 radical (unpaired) electrons. The molecule has 0 bridgehead atoms. The van der Waals surface area contributed by atoms with Crippen molar-refractivity contribution in [1.82, 2.24) is 20.0 Å². The molecule has 126 valence electrons. The molecule has 1 fully saturated rings. The Kier molecular flexibility index (Phi) is 4.61. The summed E-state index contributed by atoms with van der Waals surface area (Å²) in [5.74, 6) is 0.426. The van der Waals surface area contributed by atoms with Gasteiger partial charge in [0.2, 0.25) is 11.8 Å². The molecule has 3 rings (SSSR count). The molecule has 2 N–H and O–H groups in total. The number of hydrogen-bond donors (Lipinski definition) is 2. The van der Waals surface area contributed by atoms with E-state index in [0.29, 0.717) is 18.9 Å². The number of amides is 2. The summed E-state index contributed by atoms with van der Waals surface area (Å²) in [7, 11) is 0. The van der Waals surface area contributed by atoms with Crippen LogP contribution in [0.25, 0.3) is 5.69 Å². The summed E-state index contributed by atoms with van der Waals surface area (Å²) < 4.78 is 1.72. The van der Waals surface area contributed by atoms with E-state index in [1.54, 1.807) is 4.68 Å². The SMILES string of the molecule is Cc1ccc(-n2nc(C)cc2NC(=O)CN2CCNC(=O)C2)cc1. The van der Waals surface area contributed by atoms with E-state index in [2.05, 4.69) is 15.7 Å². The second-order valence-electron chi connectivity index (χ2n) is 6.03. The van der Waals surface area contributed by atoms with Gasteiger partial charge in [-0.15, -0.1) is 0 Å². The third kappa shape index (κ3) is 3.80. The van der Waals surface area contributed by atoms with Gasteiger partial charge in [-0.3, -0.25) is 14.5 Å². The lowest BCUT2D eigenvalue weighted by atomic mass is 10.2. The number of aromatic nitrogens is 2. The lowest BCUT2D eigenvalue weighted by Crippen LogP contribution is -2.49. The van der Waals surface area contributed by atoms with Crippen molar-refractivity contribution in [2.45, 2.75) is 13.8 Å². The highest BCUT2D eigenvalue weighted by molar-refractivity contribution is 5.92. The Bertz CT molecular complexity index is 751. The van der Waals surface area contributed by atoms with Gasteiger partial charge in [0, 0.05) is 19.2 Å². The summed E-state index contributed by atoms with van der Waals surface area (Å²) in [6.45, 7) is 5.60. The lowest BCUT2D eigenvalue weighted by Gasteiger charge is -2.25. The van der Waals surface area contributed by atoms with E-state index in [1.165, 1.54) is 0 Å². The maximum absolute atomic E-state index is 12.3. The summed E-state index contributed by atoms with van der Waals surface area (Å²) in [5.41, 5.74) is 2.88. The fourth-order valence-electron chi connectivity index (χ4n) is 2.68. The van der Waals surface area contributed by atoms with Gasteiger partial charge in [0.05, 0.1) is 24.5 Å². The van der Waals surface area contributed by atoms with Crippen molar-refractivity contribution >= 4 is 17.6 Å². The van der Waals surface area contributed by atoms with Crippen LogP contribution in [0.3, 0.4) is 0 Å². The maximum atomic E-state index is 12.3. The minimum atomic E-state index is -0.155. The number of carbonyl (C=O) groups is 2. The summed E-state index contributed by atoms with van der Waals surface area (Å²) in [6.07, 6.45) is 0. The van der Waals surface area contributed by atoms with E-state index in [0.717, 1.165) is 16.9 Å². The van der Waals surface area contributed by atoms with Crippen LogP contribution < -0.4 is 10.6 Å². The highest BCUT2D eigenvalue weighted by atomic mass is 16.2. The Morgan fingerprint density at radius 2 is 2.04 bits per heavy atom. The van der Waals surface area contributed by atoms with Crippen LogP contribution in [0, 0.1) is 13.8 Å². The van der Waals surface area contributed by atoms with Crippen molar-refractivity contribution in [2.75, 3.05) is 31.5 Å². The predicted molar refractivity (Wildman–Crippen MR) is 91.1 cm³/mol. The highest BCUT2D eigenvalue weighted by Gasteiger charge is 2.19. The topological polar surface area (TPSA) is 79.3 Å². The zero-order valence-corrected chi connectivity index (χ0v) is 13.9. The molecule has 1 aliphatic heterocycles. The van der Waals surface area contributed by atoms with Gasteiger partial charge in [0.15, 0.2) is 0 Å². The first-order chi connectivity index (χ1) is 11.5. The summed E-state index contributed by atoms with van der Waals surface area (Å²) >= 11 is 0. The lowest BCUT2D eigenvalue weighted by molar-refractivity contribution is -0.125. The van der Waals surface area contributed by atoms with Crippen molar-refractivity contribution in [3.8, 4) is 5.69 Å². The van der Waals surface area contributed by atoms with Crippen LogP contribution >= 0.6 is 0 Å². The van der Waals surface area contributed by atoms with Crippen molar-refractivity contribution in [2.24, 2.45) is 0 Å². The molecule has 1 saturated heterocycles. The van der Waals surface area contributed by atoms with Crippen molar-refractivity contribution in [3.63, 3.8) is 0 Å². The average Bonchev–Trinajstić information content (AvgIpc) is 2.88. The van der Waals surface area contributed by atoms with Gasteiger partial charge in [0.25, 0.3) is 0 Å². The number of rotatable bonds is 4. The molecule has 2 aromatic rings. The Labute approximate surface area is 140 Å². The first kappa shape index (κ1) is 16.2. The van der Waals surface area contributed by atoms with Crippen LogP contribution in [0.4, 0.5) is 5.82 Å². The predicted octanol–water partition coefficient (Wildman–Crippen LogP) is 0.859. The number of aryl methyl sites for hydroxylation is 2. The molecule has 0 saturated carbocycles. The van der Waals surface area contributed by atoms with Gasteiger partial charge in [-0.25, -0.2) is 4.68 Å². The normalized spacial score (nSPS) is 15.2. The van der Waals surface area contributed by atoms with Gasteiger partial charge in [0.1, 0.15) is 5.82 Å². The molecule has 7 nitrogen and oxygen atoms in total. The van der Waals surface area contributed by atoms with E-state index in [-0.39, 0.29) is 24.9 Å². The molecule has 0 atom stereocenters. The molecule has 1 aromatic carbocycles. The fraction of sp³-hybridized carbons (Fsp3) is 0.353. The van der Waals surface area contributed by atoms with Crippen LogP contribution in [0.15, 0.2) is 30.3 Å². The van der Waals surface area contributed by atoms with Crippen LogP contribution in [-0.2, 0) is 9.59 Å². The number of carbonyl (C=O) groups excluding carboxylic acids is 2. The fourth-order valence-corrected chi connectivity index (χ4v) is 2.68. The largest absolute Gasteiger partial charge is 0.354 e. The second-order valence-corrected chi connectivity index (χ2v) is 6.03. The van der Waals surface area contributed by atoms with E-state index < -0.39 is 0 Å². The van der Waals surface area contributed by atoms with Gasteiger partial charge in [-0.1, -0.05) is 17.7 Å². The van der Waals surface area contributed by atoms with Gasteiger partial charge >= 0.3 is 0 Å². The second kappa shape index (κ2) is 6.84. The highest BCUT2D eigenvalue weighted by Crippen LogP contribution is 2.17. The van der Waals surface area contributed by atoms with E-state index in [9.17, 15) is 9.59 Å². The Hall–Kier alpha value is -2.67. The number of benzene rings is 1. The third-order valence-electron chi connectivity index (χ3n) is 3.86. The molecule has 2 amide bonds. The van der Waals surface area contributed by atoms with E-state index in [1.807, 2.05) is 49.1 Å². The standard InChI is InChI=1S/C17H21N5O2/c1-12-3-5-14(6-4-12)22-15(9-13(2)20-22)19-17(24)11-21-8-7-18-16(23)10-21/h3-6,9H,7-8,10-11H2,1-2H3,(H,18,23)(H,19,24). The monoisotopic (exact) mass is 327 g/mol. The summed E-state index contributed by atoms with van der Waals surface area (Å²) in [4.78, 5) is 25.5. The minimum Gasteiger partial charge on any atom is -0.354 e. The molecule has 24 heavy (non-hydrogen) atoms.